The van der Waals surface area contributed by atoms with Gasteiger partial charge in [-0.15, -0.1) is 0 Å². The van der Waals surface area contributed by atoms with Crippen LogP contribution in [0.4, 0.5) is 0 Å². The van der Waals surface area contributed by atoms with Crippen molar-refractivity contribution in [2.75, 3.05) is 12.0 Å². The quantitative estimate of drug-likeness (QED) is 0.500. The second kappa shape index (κ2) is 4.77. The third-order valence-electron chi connectivity index (χ3n) is 1.92. The van der Waals surface area contributed by atoms with Crippen molar-refractivity contribution in [3.63, 3.8) is 0 Å². The molecule has 2 N–H and O–H groups in total. The molecule has 0 aliphatic carbocycles. The maximum atomic E-state index is 11.4. The van der Waals surface area contributed by atoms with Gasteiger partial charge in [0.25, 0.3) is 0 Å². The van der Waals surface area contributed by atoms with Crippen molar-refractivity contribution in [2.45, 2.75) is 0 Å². The summed E-state index contributed by atoms with van der Waals surface area (Å²) >= 11 is 0. The third kappa shape index (κ3) is 3.76. The summed E-state index contributed by atoms with van der Waals surface area (Å²) in [6, 6.07) is 5.45. The molecule has 0 atom stereocenters. The summed E-state index contributed by atoms with van der Waals surface area (Å²) in [7, 11) is -4.94. The lowest BCUT2D eigenvalue weighted by Crippen LogP contribution is -2.29. The molecule has 0 heterocycles. The fourth-order valence-electron chi connectivity index (χ4n) is 1.16. The van der Waals surface area contributed by atoms with E-state index in [2.05, 4.69) is 0 Å². The van der Waals surface area contributed by atoms with Gasteiger partial charge >= 0.3 is 7.12 Å². The summed E-state index contributed by atoms with van der Waals surface area (Å²) in [4.78, 5) is 11.4. The number of rotatable bonds is 4. The van der Waals surface area contributed by atoms with Crippen molar-refractivity contribution >= 4 is 28.2 Å². The van der Waals surface area contributed by atoms with E-state index in [1.807, 2.05) is 0 Å². The van der Waals surface area contributed by atoms with Gasteiger partial charge in [-0.3, -0.25) is 4.79 Å². The summed E-state index contributed by atoms with van der Waals surface area (Å²) in [5.74, 6) is -1.06. The Balaban J connectivity index is 2.86. The van der Waals surface area contributed by atoms with E-state index in [0.29, 0.717) is 0 Å². The molecule has 0 saturated heterocycles. The Bertz CT molecular complexity index is 477. The number of hydrogen-bond donors (Lipinski definition) is 2. The van der Waals surface area contributed by atoms with Crippen LogP contribution in [0.25, 0.3) is 0 Å². The molecule has 0 radical (unpaired) electrons. The molecule has 5 nitrogen and oxygen atoms in total. The summed E-state index contributed by atoms with van der Waals surface area (Å²) in [5.41, 5.74) is 0.478. The lowest BCUT2D eigenvalue weighted by atomic mass is 9.80. The van der Waals surface area contributed by atoms with E-state index in [0.717, 1.165) is 6.26 Å². The van der Waals surface area contributed by atoms with Crippen LogP contribution in [-0.2, 0) is 9.84 Å². The highest BCUT2D eigenvalue weighted by atomic mass is 32.2. The summed E-state index contributed by atoms with van der Waals surface area (Å²) < 4.78 is 21.8. The number of benzene rings is 1. The molecule has 0 saturated carbocycles. The molecule has 0 amide bonds. The van der Waals surface area contributed by atoms with Crippen molar-refractivity contribution in [2.24, 2.45) is 0 Å². The first-order valence-corrected chi connectivity index (χ1v) is 6.52. The van der Waals surface area contributed by atoms with Gasteiger partial charge in [-0.2, -0.15) is 0 Å². The van der Waals surface area contributed by atoms with Gasteiger partial charge in [0.1, 0.15) is 5.75 Å². The third-order valence-corrected chi connectivity index (χ3v) is 2.71. The fourth-order valence-corrected chi connectivity index (χ4v) is 1.81. The average molecular weight is 242 g/mol. The SMILES string of the molecule is CS(=O)(=O)CC(=O)c1ccc(B(O)O)cc1. The van der Waals surface area contributed by atoms with Crippen molar-refractivity contribution in [3.8, 4) is 0 Å². The molecular weight excluding hydrogens is 231 g/mol. The maximum absolute atomic E-state index is 11.4. The number of hydrogen-bond acceptors (Lipinski definition) is 5. The first-order valence-electron chi connectivity index (χ1n) is 4.46. The lowest BCUT2D eigenvalue weighted by Gasteiger charge is -2.02. The van der Waals surface area contributed by atoms with Crippen LogP contribution in [0.15, 0.2) is 24.3 Å². The van der Waals surface area contributed by atoms with Gasteiger partial charge < -0.3 is 10.0 Å². The van der Waals surface area contributed by atoms with Gasteiger partial charge in [0, 0.05) is 11.8 Å². The highest BCUT2D eigenvalue weighted by molar-refractivity contribution is 7.91. The predicted molar refractivity (Wildman–Crippen MR) is 60.3 cm³/mol. The van der Waals surface area contributed by atoms with Crippen molar-refractivity contribution < 1.29 is 23.3 Å². The Morgan fingerprint density at radius 2 is 1.75 bits per heavy atom. The van der Waals surface area contributed by atoms with Gasteiger partial charge in [-0.25, -0.2) is 8.42 Å². The first-order chi connectivity index (χ1) is 7.29. The van der Waals surface area contributed by atoms with Crippen LogP contribution >= 0.6 is 0 Å². The highest BCUT2D eigenvalue weighted by Crippen LogP contribution is 2.01. The van der Waals surface area contributed by atoms with Crippen LogP contribution < -0.4 is 5.46 Å². The Labute approximate surface area is 93.8 Å². The minimum Gasteiger partial charge on any atom is -0.423 e. The average Bonchev–Trinajstić information content (AvgIpc) is 2.15. The van der Waals surface area contributed by atoms with Crippen LogP contribution in [0.3, 0.4) is 0 Å². The Morgan fingerprint density at radius 1 is 1.25 bits per heavy atom. The van der Waals surface area contributed by atoms with Crippen LogP contribution in [0, 0.1) is 0 Å². The largest absolute Gasteiger partial charge is 0.488 e. The minimum absolute atomic E-state index is 0.231. The zero-order valence-corrected chi connectivity index (χ0v) is 9.44. The Kier molecular flexibility index (Phi) is 3.85. The smallest absolute Gasteiger partial charge is 0.423 e. The number of Topliss-reactive ketones (excluding diaryl/α,β-unsaturated/α-hetero) is 1. The number of carbonyl (C=O) groups excluding carboxylic acids is 1. The number of sulfone groups is 1. The molecule has 0 aliphatic heterocycles. The molecule has 1 aromatic rings. The van der Waals surface area contributed by atoms with E-state index in [9.17, 15) is 13.2 Å². The fraction of sp³-hybridized carbons (Fsp3) is 0.222. The van der Waals surface area contributed by atoms with E-state index >= 15 is 0 Å². The van der Waals surface area contributed by atoms with E-state index < -0.39 is 28.5 Å². The zero-order valence-electron chi connectivity index (χ0n) is 8.62. The van der Waals surface area contributed by atoms with Gasteiger partial charge in [-0.05, 0) is 5.46 Å². The molecule has 1 aromatic carbocycles. The summed E-state index contributed by atoms with van der Waals surface area (Å²) in [5, 5.41) is 17.6. The molecule has 0 fully saturated rings. The minimum atomic E-state index is -3.35. The second-order valence-electron chi connectivity index (χ2n) is 3.49. The monoisotopic (exact) mass is 242 g/mol. The predicted octanol–water partition coefficient (Wildman–Crippen LogP) is -1.41. The first kappa shape index (κ1) is 12.9. The molecule has 7 heteroatoms. The Hall–Kier alpha value is -1.18. The van der Waals surface area contributed by atoms with Gasteiger partial charge in [0.05, 0.1) is 0 Å². The molecule has 0 unspecified atom stereocenters. The topological polar surface area (TPSA) is 91.7 Å². The molecule has 86 valence electrons. The molecular formula is C9H11BO5S. The van der Waals surface area contributed by atoms with E-state index in [1.54, 1.807) is 0 Å². The van der Waals surface area contributed by atoms with Crippen molar-refractivity contribution in [1.29, 1.82) is 0 Å². The molecule has 16 heavy (non-hydrogen) atoms. The molecule has 0 aliphatic rings. The highest BCUT2D eigenvalue weighted by Gasteiger charge is 2.15. The molecule has 0 spiro atoms. The standard InChI is InChI=1S/C9H11BO5S/c1-16(14,15)6-9(11)7-2-4-8(5-3-7)10(12)13/h2-5,12-13H,6H2,1H3. The van der Waals surface area contributed by atoms with Crippen molar-refractivity contribution in [1.82, 2.24) is 0 Å². The molecule has 1 rings (SSSR count). The van der Waals surface area contributed by atoms with Crippen molar-refractivity contribution in [3.05, 3.63) is 29.8 Å². The Morgan fingerprint density at radius 3 is 2.12 bits per heavy atom. The number of carbonyl (C=O) groups is 1. The van der Waals surface area contributed by atoms with Crippen LogP contribution in [-0.4, -0.2) is 43.4 Å². The van der Waals surface area contributed by atoms with Crippen LogP contribution in [0.1, 0.15) is 10.4 Å². The van der Waals surface area contributed by atoms with E-state index in [4.69, 9.17) is 10.0 Å². The lowest BCUT2D eigenvalue weighted by molar-refractivity contribution is 0.102. The van der Waals surface area contributed by atoms with E-state index in [-0.39, 0.29) is 11.0 Å². The van der Waals surface area contributed by atoms with Crippen LogP contribution in [0.5, 0.6) is 0 Å². The zero-order chi connectivity index (χ0) is 12.3. The second-order valence-corrected chi connectivity index (χ2v) is 5.63. The molecule has 0 aromatic heterocycles. The summed E-state index contributed by atoms with van der Waals surface area (Å²) in [6.45, 7) is 0. The summed E-state index contributed by atoms with van der Waals surface area (Å²) in [6.07, 6.45) is 0.983. The van der Waals surface area contributed by atoms with E-state index in [1.165, 1.54) is 24.3 Å². The normalized spacial score (nSPS) is 11.2. The molecule has 0 bridgehead atoms. The van der Waals surface area contributed by atoms with Gasteiger partial charge in [0.2, 0.25) is 0 Å². The van der Waals surface area contributed by atoms with Gasteiger partial charge in [-0.1, -0.05) is 24.3 Å². The number of ketones is 1. The van der Waals surface area contributed by atoms with Crippen LogP contribution in [0.2, 0.25) is 0 Å². The maximum Gasteiger partial charge on any atom is 0.488 e. The van der Waals surface area contributed by atoms with Gasteiger partial charge in [0.15, 0.2) is 15.6 Å².